The van der Waals surface area contributed by atoms with Crippen molar-refractivity contribution in [2.24, 2.45) is 0 Å². The highest BCUT2D eigenvalue weighted by Gasteiger charge is 2.25. The molecule has 10 rings (SSSR count). The highest BCUT2D eigenvalue weighted by Crippen LogP contribution is 2.49. The van der Waals surface area contributed by atoms with Crippen molar-refractivity contribution in [2.75, 3.05) is 9.80 Å². The average molecular weight is 686 g/mol. The Kier molecular flexibility index (Phi) is 7.29. The van der Waals surface area contributed by atoms with Gasteiger partial charge >= 0.3 is 0 Å². The third kappa shape index (κ3) is 5.18. The van der Waals surface area contributed by atoms with Gasteiger partial charge in [0.05, 0.1) is 21.8 Å². The lowest BCUT2D eigenvalue weighted by Gasteiger charge is -2.29. The van der Waals surface area contributed by atoms with E-state index >= 15 is 0 Å². The van der Waals surface area contributed by atoms with Crippen LogP contribution in [-0.4, -0.2) is 4.98 Å². The quantitative estimate of drug-likeness (QED) is 0.167. The first-order chi connectivity index (χ1) is 25.8. The first-order valence-corrected chi connectivity index (χ1v) is 18.2. The number of hydrogen-bond acceptors (Lipinski definition) is 5. The molecule has 0 unspecified atom stereocenters. The molecule has 2 aromatic heterocycles. The molecule has 0 saturated heterocycles. The molecule has 0 saturated carbocycles. The number of thiophene rings is 1. The van der Waals surface area contributed by atoms with Gasteiger partial charge in [-0.15, -0.1) is 11.3 Å². The van der Waals surface area contributed by atoms with E-state index in [4.69, 9.17) is 9.40 Å². The summed E-state index contributed by atoms with van der Waals surface area (Å²) in [4.78, 5) is 9.83. The van der Waals surface area contributed by atoms with Crippen LogP contribution in [0, 0.1) is 0 Å². The highest BCUT2D eigenvalue weighted by molar-refractivity contribution is 7.26. The lowest BCUT2D eigenvalue weighted by Crippen LogP contribution is -2.13. The monoisotopic (exact) mass is 685 g/mol. The fraction of sp³-hybridized carbons (Fsp3) is 0. The Labute approximate surface area is 305 Å². The van der Waals surface area contributed by atoms with Crippen LogP contribution >= 0.6 is 11.3 Å². The third-order valence-corrected chi connectivity index (χ3v) is 10.8. The van der Waals surface area contributed by atoms with Crippen LogP contribution < -0.4 is 9.80 Å². The largest absolute Gasteiger partial charge is 0.434 e. The van der Waals surface area contributed by atoms with Crippen molar-refractivity contribution in [2.45, 2.75) is 0 Å². The van der Waals surface area contributed by atoms with Crippen molar-refractivity contribution in [3.8, 4) is 11.5 Å². The number of para-hydroxylation sites is 2. The highest BCUT2D eigenvalue weighted by atomic mass is 32.1. The molecule has 246 valence electrons. The van der Waals surface area contributed by atoms with E-state index in [1.165, 1.54) is 30.9 Å². The van der Waals surface area contributed by atoms with E-state index in [1.807, 2.05) is 41.7 Å². The lowest BCUT2D eigenvalue weighted by molar-refractivity contribution is 0.620. The Hall–Kier alpha value is -6.69. The van der Waals surface area contributed by atoms with E-state index in [0.717, 1.165) is 50.8 Å². The van der Waals surface area contributed by atoms with Gasteiger partial charge in [-0.1, -0.05) is 115 Å². The van der Waals surface area contributed by atoms with E-state index in [9.17, 15) is 0 Å². The van der Waals surface area contributed by atoms with Crippen LogP contribution in [0.2, 0.25) is 0 Å². The summed E-state index contributed by atoms with van der Waals surface area (Å²) in [5, 5.41) is 4.87. The second-order valence-corrected chi connectivity index (χ2v) is 13.9. The smallest absolute Gasteiger partial charge is 0.227 e. The second-order valence-electron chi connectivity index (χ2n) is 12.8. The van der Waals surface area contributed by atoms with E-state index in [-0.39, 0.29) is 0 Å². The van der Waals surface area contributed by atoms with E-state index in [2.05, 4.69) is 168 Å². The number of nitrogens with zero attached hydrogens (tertiary/aromatic N) is 3. The maximum Gasteiger partial charge on any atom is 0.227 e. The first kappa shape index (κ1) is 30.2. The Morgan fingerprint density at radius 3 is 1.88 bits per heavy atom. The Morgan fingerprint density at radius 1 is 0.442 bits per heavy atom. The van der Waals surface area contributed by atoms with E-state index in [0.29, 0.717) is 5.89 Å². The second kappa shape index (κ2) is 12.6. The molecule has 2 heterocycles. The number of benzene rings is 8. The van der Waals surface area contributed by atoms with Crippen LogP contribution in [0.5, 0.6) is 0 Å². The number of anilines is 6. The van der Waals surface area contributed by atoms with Gasteiger partial charge in [0.2, 0.25) is 5.89 Å². The predicted molar refractivity (Wildman–Crippen MR) is 219 cm³/mol. The van der Waals surface area contributed by atoms with Gasteiger partial charge in [-0.05, 0) is 83.6 Å². The molecule has 0 fully saturated rings. The molecule has 4 nitrogen and oxygen atoms in total. The molecule has 52 heavy (non-hydrogen) atoms. The van der Waals surface area contributed by atoms with Crippen molar-refractivity contribution in [1.29, 1.82) is 0 Å². The molecule has 0 atom stereocenters. The normalized spacial score (nSPS) is 11.5. The van der Waals surface area contributed by atoms with Gasteiger partial charge in [0, 0.05) is 38.1 Å². The standard InChI is InChI=1S/C47H31N3OS/c1-4-16-33(17-5-1)47-48-41-30-38(49(35-19-6-2-7-20-35)37-28-27-32-15-10-11-18-34(32)29-37)31-43(45(41)51-47)50(36-21-8-3-9-22-36)42-25-14-24-40-39-23-12-13-26-44(39)52-46(40)42/h1-31H. The molecule has 0 N–H and O–H groups in total. The Morgan fingerprint density at radius 2 is 1.10 bits per heavy atom. The van der Waals surface area contributed by atoms with E-state index < -0.39 is 0 Å². The molecule has 8 aromatic carbocycles. The van der Waals surface area contributed by atoms with Crippen molar-refractivity contribution in [3.05, 3.63) is 188 Å². The van der Waals surface area contributed by atoms with Gasteiger partial charge < -0.3 is 14.2 Å². The zero-order chi connectivity index (χ0) is 34.4. The van der Waals surface area contributed by atoms with Crippen LogP contribution in [0.15, 0.2) is 192 Å². The van der Waals surface area contributed by atoms with Crippen molar-refractivity contribution in [1.82, 2.24) is 4.98 Å². The molecular formula is C47H31N3OS. The van der Waals surface area contributed by atoms with Crippen LogP contribution in [0.4, 0.5) is 34.1 Å². The zero-order valence-corrected chi connectivity index (χ0v) is 28.9. The Bertz CT molecular complexity index is 2860. The van der Waals surface area contributed by atoms with Crippen LogP contribution in [-0.2, 0) is 0 Å². The molecule has 0 spiro atoms. The summed E-state index contributed by atoms with van der Waals surface area (Å²) >= 11 is 1.82. The van der Waals surface area contributed by atoms with Crippen LogP contribution in [0.25, 0.3) is 53.5 Å². The van der Waals surface area contributed by atoms with Gasteiger partial charge in [0.1, 0.15) is 5.52 Å². The summed E-state index contributed by atoms with van der Waals surface area (Å²) in [6.45, 7) is 0. The topological polar surface area (TPSA) is 32.5 Å². The summed E-state index contributed by atoms with van der Waals surface area (Å²) in [6, 6.07) is 66.1. The van der Waals surface area contributed by atoms with Gasteiger partial charge in [-0.2, -0.15) is 0 Å². The minimum absolute atomic E-state index is 0.582. The number of fused-ring (bicyclic) bond motifs is 5. The molecule has 0 amide bonds. The summed E-state index contributed by atoms with van der Waals surface area (Å²) < 4.78 is 9.29. The molecule has 0 aliphatic carbocycles. The molecule has 10 aromatic rings. The Balaban J connectivity index is 1.28. The van der Waals surface area contributed by atoms with E-state index in [1.54, 1.807) is 0 Å². The molecule has 0 radical (unpaired) electrons. The SMILES string of the molecule is c1ccc(-c2nc3cc(N(c4ccccc4)c4ccc5ccccc5c4)cc(N(c4ccccc4)c4cccc5c4sc4ccccc45)c3o2)cc1. The average Bonchev–Trinajstić information content (AvgIpc) is 3.82. The molecule has 0 aliphatic heterocycles. The van der Waals surface area contributed by atoms with Crippen molar-refractivity contribution >= 4 is 87.5 Å². The van der Waals surface area contributed by atoms with Gasteiger partial charge in [0.15, 0.2) is 5.58 Å². The fourth-order valence-electron chi connectivity index (χ4n) is 7.23. The molecular weight excluding hydrogens is 655 g/mol. The number of hydrogen-bond donors (Lipinski definition) is 0. The lowest BCUT2D eigenvalue weighted by atomic mass is 10.1. The minimum atomic E-state index is 0.582. The summed E-state index contributed by atoms with van der Waals surface area (Å²) in [7, 11) is 0. The number of oxazole rings is 1. The van der Waals surface area contributed by atoms with Gasteiger partial charge in [-0.25, -0.2) is 4.98 Å². The zero-order valence-electron chi connectivity index (χ0n) is 28.1. The minimum Gasteiger partial charge on any atom is -0.434 e. The van der Waals surface area contributed by atoms with Gasteiger partial charge in [0.25, 0.3) is 0 Å². The maximum absolute atomic E-state index is 6.82. The molecule has 0 bridgehead atoms. The molecule has 0 aliphatic rings. The van der Waals surface area contributed by atoms with Crippen molar-refractivity contribution in [3.63, 3.8) is 0 Å². The predicted octanol–water partition coefficient (Wildman–Crippen LogP) is 14.0. The summed E-state index contributed by atoms with van der Waals surface area (Å²) in [5.41, 5.74) is 8.51. The van der Waals surface area contributed by atoms with Crippen LogP contribution in [0.1, 0.15) is 0 Å². The molecule has 5 heteroatoms. The number of rotatable bonds is 7. The summed E-state index contributed by atoms with van der Waals surface area (Å²) in [5.74, 6) is 0.582. The maximum atomic E-state index is 6.82. The fourth-order valence-corrected chi connectivity index (χ4v) is 8.44. The van der Waals surface area contributed by atoms with Crippen LogP contribution in [0.3, 0.4) is 0 Å². The third-order valence-electron chi connectivity index (χ3n) is 9.62. The summed E-state index contributed by atoms with van der Waals surface area (Å²) in [6.07, 6.45) is 0. The van der Waals surface area contributed by atoms with Gasteiger partial charge in [-0.3, -0.25) is 0 Å². The first-order valence-electron chi connectivity index (χ1n) is 17.4. The van der Waals surface area contributed by atoms with Crippen molar-refractivity contribution < 1.29 is 4.42 Å². The number of aromatic nitrogens is 1.